The Balaban J connectivity index is 2.11. The van der Waals surface area contributed by atoms with Crippen LogP contribution in [0.2, 0.25) is 5.02 Å². The van der Waals surface area contributed by atoms with Gasteiger partial charge in [0.1, 0.15) is 11.6 Å². The van der Waals surface area contributed by atoms with Gasteiger partial charge in [0.05, 0.1) is 10.7 Å². The topological polar surface area (TPSA) is 91.9 Å². The standard InChI is InChI=1S/C20H19ClFNO5/c1-2-3-8-16(20(26)27)28-17-10-15(14(22)9-13(17)21)23-18(24)11-6-4-5-7-12(11)19(23)25/h2-3,8-10,24-25H,4-7H2,1H3,(H,26,27). The molecule has 1 aliphatic carbocycles. The molecule has 0 amide bonds. The number of rotatable bonds is 5. The number of hydrogen-bond acceptors (Lipinski definition) is 4. The number of carboxylic acids is 1. The molecule has 1 heterocycles. The first-order valence-corrected chi connectivity index (χ1v) is 9.10. The van der Waals surface area contributed by atoms with Crippen LogP contribution in [-0.4, -0.2) is 25.9 Å². The number of fused-ring (bicyclic) bond motifs is 1. The maximum Gasteiger partial charge on any atom is 0.371 e. The van der Waals surface area contributed by atoms with Crippen LogP contribution in [0.1, 0.15) is 30.9 Å². The molecule has 8 heteroatoms. The highest BCUT2D eigenvalue weighted by Crippen LogP contribution is 2.42. The molecular formula is C20H19ClFNO5. The van der Waals surface area contributed by atoms with Crippen molar-refractivity contribution in [3.05, 3.63) is 58.1 Å². The van der Waals surface area contributed by atoms with Gasteiger partial charge >= 0.3 is 5.97 Å². The summed E-state index contributed by atoms with van der Waals surface area (Å²) in [6, 6.07) is 2.09. The third kappa shape index (κ3) is 3.57. The number of carboxylic acid groups (broad SMARTS) is 1. The van der Waals surface area contributed by atoms with Crippen molar-refractivity contribution in [3.8, 4) is 23.2 Å². The second kappa shape index (κ2) is 7.98. The molecule has 2 aromatic rings. The number of aromatic hydroxyl groups is 2. The molecule has 0 atom stereocenters. The molecule has 0 radical (unpaired) electrons. The fourth-order valence-electron chi connectivity index (χ4n) is 3.22. The molecule has 3 N–H and O–H groups in total. The summed E-state index contributed by atoms with van der Waals surface area (Å²) >= 11 is 6.01. The van der Waals surface area contributed by atoms with Crippen molar-refractivity contribution in [2.75, 3.05) is 0 Å². The molecule has 0 bridgehead atoms. The minimum absolute atomic E-state index is 0.123. The molecular weight excluding hydrogens is 389 g/mol. The number of hydrogen-bond donors (Lipinski definition) is 3. The Bertz CT molecular complexity index is 964. The largest absolute Gasteiger partial charge is 0.494 e. The highest BCUT2D eigenvalue weighted by Gasteiger charge is 2.27. The average Bonchev–Trinajstić information content (AvgIpc) is 2.91. The number of allylic oxidation sites excluding steroid dienone is 3. The van der Waals surface area contributed by atoms with Gasteiger partial charge in [-0.05, 0) is 44.7 Å². The van der Waals surface area contributed by atoms with E-state index in [1.807, 2.05) is 0 Å². The van der Waals surface area contributed by atoms with Crippen LogP contribution in [0.5, 0.6) is 17.5 Å². The molecule has 3 rings (SSSR count). The average molecular weight is 408 g/mol. The quantitative estimate of drug-likeness (QED) is 0.386. The zero-order valence-corrected chi connectivity index (χ0v) is 15.8. The summed E-state index contributed by atoms with van der Waals surface area (Å²) in [5.41, 5.74) is 0.971. The monoisotopic (exact) mass is 407 g/mol. The second-order valence-corrected chi connectivity index (χ2v) is 6.75. The van der Waals surface area contributed by atoms with Crippen molar-refractivity contribution in [1.29, 1.82) is 0 Å². The molecule has 148 valence electrons. The molecule has 0 spiro atoms. The molecule has 0 fully saturated rings. The van der Waals surface area contributed by atoms with E-state index in [9.17, 15) is 24.5 Å². The molecule has 0 saturated heterocycles. The number of ether oxygens (including phenoxy) is 1. The maximum atomic E-state index is 14.6. The van der Waals surface area contributed by atoms with E-state index in [2.05, 4.69) is 0 Å². The van der Waals surface area contributed by atoms with Crippen LogP contribution in [0, 0.1) is 5.82 Å². The SMILES string of the molecule is CC=CC=C(Oc1cc(-n2c(O)c3c(c2O)CCCC3)c(F)cc1Cl)C(=O)O. The first-order valence-electron chi connectivity index (χ1n) is 8.73. The minimum Gasteiger partial charge on any atom is -0.494 e. The van der Waals surface area contributed by atoms with Crippen LogP contribution >= 0.6 is 11.6 Å². The predicted octanol–water partition coefficient (Wildman–Crippen LogP) is 4.48. The van der Waals surface area contributed by atoms with Gasteiger partial charge in [0.2, 0.25) is 17.5 Å². The smallest absolute Gasteiger partial charge is 0.371 e. The molecule has 0 saturated carbocycles. The Morgan fingerprint density at radius 3 is 2.36 bits per heavy atom. The maximum absolute atomic E-state index is 14.6. The Labute approximate surface area is 165 Å². The number of halogens is 2. The lowest BCUT2D eigenvalue weighted by molar-refractivity contribution is -0.135. The molecule has 0 aliphatic heterocycles. The van der Waals surface area contributed by atoms with Crippen molar-refractivity contribution < 1.29 is 29.2 Å². The Morgan fingerprint density at radius 1 is 1.21 bits per heavy atom. The molecule has 28 heavy (non-hydrogen) atoms. The second-order valence-electron chi connectivity index (χ2n) is 6.34. The lowest BCUT2D eigenvalue weighted by Gasteiger charge is -2.13. The van der Waals surface area contributed by atoms with Crippen LogP contribution in [0.3, 0.4) is 0 Å². The van der Waals surface area contributed by atoms with Crippen LogP contribution in [0.4, 0.5) is 4.39 Å². The van der Waals surface area contributed by atoms with Gasteiger partial charge in [-0.25, -0.2) is 13.8 Å². The number of benzene rings is 1. The number of nitrogens with zero attached hydrogens (tertiary/aromatic N) is 1. The third-order valence-corrected chi connectivity index (χ3v) is 4.84. The van der Waals surface area contributed by atoms with Gasteiger partial charge in [-0.15, -0.1) is 0 Å². The third-order valence-electron chi connectivity index (χ3n) is 4.54. The van der Waals surface area contributed by atoms with Crippen LogP contribution in [-0.2, 0) is 17.6 Å². The summed E-state index contributed by atoms with van der Waals surface area (Å²) in [7, 11) is 0. The lowest BCUT2D eigenvalue weighted by Crippen LogP contribution is -2.08. The van der Waals surface area contributed by atoms with Crippen molar-refractivity contribution in [2.45, 2.75) is 32.6 Å². The van der Waals surface area contributed by atoms with E-state index in [0.717, 1.165) is 29.5 Å². The summed E-state index contributed by atoms with van der Waals surface area (Å²) in [5, 5.41) is 30.2. The first kappa shape index (κ1) is 19.8. The van der Waals surface area contributed by atoms with Gasteiger partial charge < -0.3 is 20.1 Å². The van der Waals surface area contributed by atoms with Gasteiger partial charge in [-0.3, -0.25) is 0 Å². The molecule has 0 unspecified atom stereocenters. The number of carbonyl (C=O) groups is 1. The highest BCUT2D eigenvalue weighted by atomic mass is 35.5. The van der Waals surface area contributed by atoms with E-state index in [1.54, 1.807) is 13.0 Å². The minimum atomic E-state index is -1.33. The summed E-state index contributed by atoms with van der Waals surface area (Å²) in [5.74, 6) is -3.17. The normalized spacial score (nSPS) is 14.3. The van der Waals surface area contributed by atoms with E-state index in [-0.39, 0.29) is 28.2 Å². The van der Waals surface area contributed by atoms with Crippen LogP contribution in [0.15, 0.2) is 36.1 Å². The summed E-state index contributed by atoms with van der Waals surface area (Å²) < 4.78 is 20.9. The van der Waals surface area contributed by atoms with Crippen molar-refractivity contribution >= 4 is 17.6 Å². The highest BCUT2D eigenvalue weighted by molar-refractivity contribution is 6.32. The van der Waals surface area contributed by atoms with Crippen LogP contribution < -0.4 is 4.74 Å². The van der Waals surface area contributed by atoms with Gasteiger partial charge in [0, 0.05) is 17.2 Å². The van der Waals surface area contributed by atoms with Gasteiger partial charge in [-0.1, -0.05) is 23.8 Å². The van der Waals surface area contributed by atoms with Gasteiger partial charge in [0.15, 0.2) is 0 Å². The van der Waals surface area contributed by atoms with Crippen molar-refractivity contribution in [2.24, 2.45) is 0 Å². The molecule has 1 aliphatic rings. The lowest BCUT2D eigenvalue weighted by atomic mass is 9.95. The van der Waals surface area contributed by atoms with E-state index in [1.165, 1.54) is 12.2 Å². The van der Waals surface area contributed by atoms with E-state index in [4.69, 9.17) is 16.3 Å². The molecule has 6 nitrogen and oxygen atoms in total. The summed E-state index contributed by atoms with van der Waals surface area (Å²) in [4.78, 5) is 11.4. The number of aromatic nitrogens is 1. The number of aliphatic carboxylic acids is 1. The Morgan fingerprint density at radius 2 is 1.82 bits per heavy atom. The van der Waals surface area contributed by atoms with Gasteiger partial charge in [-0.2, -0.15) is 0 Å². The summed E-state index contributed by atoms with van der Waals surface area (Å²) in [6.45, 7) is 1.71. The van der Waals surface area contributed by atoms with E-state index >= 15 is 0 Å². The molecule has 1 aromatic heterocycles. The first-order chi connectivity index (χ1) is 13.3. The van der Waals surface area contributed by atoms with Crippen molar-refractivity contribution in [1.82, 2.24) is 4.57 Å². The van der Waals surface area contributed by atoms with Crippen LogP contribution in [0.25, 0.3) is 5.69 Å². The fourth-order valence-corrected chi connectivity index (χ4v) is 3.41. The van der Waals surface area contributed by atoms with E-state index < -0.39 is 17.5 Å². The van der Waals surface area contributed by atoms with Gasteiger partial charge in [0.25, 0.3) is 0 Å². The van der Waals surface area contributed by atoms with Crippen molar-refractivity contribution in [3.63, 3.8) is 0 Å². The zero-order chi connectivity index (χ0) is 20.4. The summed E-state index contributed by atoms with van der Waals surface area (Å²) in [6.07, 6.45) is 7.19. The molecule has 1 aromatic carbocycles. The Hall–Kier alpha value is -2.93. The predicted molar refractivity (Wildman–Crippen MR) is 102 cm³/mol. The zero-order valence-electron chi connectivity index (χ0n) is 15.1. The Kier molecular flexibility index (Phi) is 5.65. The fraction of sp³-hybridized carbons (Fsp3) is 0.250. The van der Waals surface area contributed by atoms with E-state index in [0.29, 0.717) is 24.0 Å².